The molecular weight excluding hydrogens is 290 g/mol. The maximum Gasteiger partial charge on any atom is 0.359 e. The lowest BCUT2D eigenvalue weighted by atomic mass is 10.5. The Bertz CT molecular complexity index is 529. The van der Waals surface area contributed by atoms with Crippen molar-refractivity contribution in [2.24, 2.45) is 0 Å². The lowest BCUT2D eigenvalue weighted by molar-refractivity contribution is 0.0685. The van der Waals surface area contributed by atoms with E-state index in [1.54, 1.807) is 12.1 Å². The van der Waals surface area contributed by atoms with Gasteiger partial charge in [-0.05, 0) is 28.1 Å². The fourth-order valence-corrected chi connectivity index (χ4v) is 1.57. The van der Waals surface area contributed by atoms with E-state index < -0.39 is 17.6 Å². The second kappa shape index (κ2) is 4.16. The van der Waals surface area contributed by atoms with Crippen molar-refractivity contribution in [1.82, 2.24) is 9.38 Å². The maximum atomic E-state index is 13.4. The monoisotopic (exact) mass is 294 g/mol. The third kappa shape index (κ3) is 1.82. The van der Waals surface area contributed by atoms with Crippen LogP contribution in [0.5, 0.6) is 0 Å². The van der Waals surface area contributed by atoms with Crippen LogP contribution in [0.25, 0.3) is 5.65 Å². The fraction of sp³-hybridized carbons (Fsp3) is 0. The molecule has 0 saturated heterocycles. The number of aromatic carboxylic acids is 1. The summed E-state index contributed by atoms with van der Waals surface area (Å²) in [5.41, 5.74) is -0.320. The number of carboxylic acid groups (broad SMARTS) is 1. The first-order valence-electron chi connectivity index (χ1n) is 3.66. The van der Waals surface area contributed by atoms with Crippen LogP contribution in [-0.2, 0) is 0 Å². The van der Waals surface area contributed by atoms with Crippen molar-refractivity contribution in [3.8, 4) is 0 Å². The van der Waals surface area contributed by atoms with Crippen LogP contribution in [-0.4, -0.2) is 20.5 Å². The smallest absolute Gasteiger partial charge is 0.359 e. The number of aromatic nitrogens is 2. The molecule has 2 aromatic heterocycles. The van der Waals surface area contributed by atoms with Gasteiger partial charge in [0.1, 0.15) is 0 Å². The number of carboxylic acids is 1. The molecule has 7 heteroatoms. The van der Waals surface area contributed by atoms with Gasteiger partial charge in [-0.3, -0.25) is 4.40 Å². The predicted octanol–water partition coefficient (Wildman–Crippen LogP) is 2.36. The third-order valence-electron chi connectivity index (χ3n) is 1.75. The zero-order valence-electron chi connectivity index (χ0n) is 7.15. The number of fused-ring (bicyclic) bond motifs is 1. The summed E-state index contributed by atoms with van der Waals surface area (Å²) >= 11 is 3.15. The first-order chi connectivity index (χ1) is 6.61. The molecule has 0 fully saturated rings. The molecule has 0 aliphatic carbocycles. The van der Waals surface area contributed by atoms with E-state index in [1.807, 2.05) is 0 Å². The minimum atomic E-state index is -1.38. The lowest BCUT2D eigenvalue weighted by Crippen LogP contribution is -2.00. The van der Waals surface area contributed by atoms with Gasteiger partial charge >= 0.3 is 5.97 Å². The van der Waals surface area contributed by atoms with Crippen LogP contribution in [0.2, 0.25) is 0 Å². The van der Waals surface area contributed by atoms with Gasteiger partial charge in [0.2, 0.25) is 11.6 Å². The Morgan fingerprint density at radius 1 is 1.60 bits per heavy atom. The van der Waals surface area contributed by atoms with Gasteiger partial charge in [-0.15, -0.1) is 12.4 Å². The highest BCUT2D eigenvalue weighted by Crippen LogP contribution is 2.19. The quantitative estimate of drug-likeness (QED) is 0.878. The summed E-state index contributed by atoms with van der Waals surface area (Å²) in [4.78, 5) is 14.2. The Morgan fingerprint density at radius 2 is 2.27 bits per heavy atom. The highest BCUT2D eigenvalue weighted by Gasteiger charge is 2.18. The molecule has 2 rings (SSSR count). The Morgan fingerprint density at radius 3 is 2.80 bits per heavy atom. The van der Waals surface area contributed by atoms with Crippen LogP contribution in [0.4, 0.5) is 4.39 Å². The fourth-order valence-electron chi connectivity index (χ4n) is 1.14. The second-order valence-corrected chi connectivity index (χ2v) is 3.46. The Balaban J connectivity index is 0.00000112. The topological polar surface area (TPSA) is 54.6 Å². The lowest BCUT2D eigenvalue weighted by Gasteiger charge is -1.93. The van der Waals surface area contributed by atoms with E-state index in [9.17, 15) is 9.18 Å². The summed E-state index contributed by atoms with van der Waals surface area (Å²) < 4.78 is 15.0. The van der Waals surface area contributed by atoms with E-state index in [-0.39, 0.29) is 18.1 Å². The normalized spacial score (nSPS) is 10.0. The Labute approximate surface area is 98.3 Å². The molecule has 15 heavy (non-hydrogen) atoms. The Hall–Kier alpha value is -1.14. The number of hydrogen-bond acceptors (Lipinski definition) is 2. The number of carbonyl (C=O) groups is 1. The maximum absolute atomic E-state index is 13.4. The predicted molar refractivity (Wildman–Crippen MR) is 57.1 cm³/mol. The molecular formula is C8H5BrClFN2O2. The molecule has 0 aliphatic heterocycles. The van der Waals surface area contributed by atoms with Crippen LogP contribution in [0.3, 0.4) is 0 Å². The van der Waals surface area contributed by atoms with Gasteiger partial charge in [-0.1, -0.05) is 0 Å². The molecule has 0 amide bonds. The molecule has 0 bridgehead atoms. The molecule has 4 nitrogen and oxygen atoms in total. The van der Waals surface area contributed by atoms with Crippen LogP contribution in [0, 0.1) is 5.95 Å². The van der Waals surface area contributed by atoms with Gasteiger partial charge < -0.3 is 5.11 Å². The molecule has 0 unspecified atom stereocenters. The zero-order chi connectivity index (χ0) is 10.3. The number of halogens is 3. The van der Waals surface area contributed by atoms with E-state index in [1.165, 1.54) is 6.20 Å². The van der Waals surface area contributed by atoms with E-state index in [0.29, 0.717) is 4.47 Å². The van der Waals surface area contributed by atoms with Crippen molar-refractivity contribution in [2.75, 3.05) is 0 Å². The Kier molecular flexibility index (Phi) is 3.31. The van der Waals surface area contributed by atoms with Crippen LogP contribution in [0.15, 0.2) is 22.8 Å². The molecule has 0 aromatic carbocycles. The van der Waals surface area contributed by atoms with Gasteiger partial charge in [0, 0.05) is 6.20 Å². The summed E-state index contributed by atoms with van der Waals surface area (Å²) in [7, 11) is 0. The van der Waals surface area contributed by atoms with Gasteiger partial charge in [0.15, 0.2) is 5.65 Å². The van der Waals surface area contributed by atoms with Crippen molar-refractivity contribution < 1.29 is 14.3 Å². The SMILES string of the molecule is Cl.O=C(O)c1nc2c(Br)cccn2c1F. The molecule has 0 radical (unpaired) electrons. The minimum Gasteiger partial charge on any atom is -0.476 e. The summed E-state index contributed by atoms with van der Waals surface area (Å²) in [5.74, 6) is -2.24. The average molecular weight is 295 g/mol. The van der Waals surface area contributed by atoms with Gasteiger partial charge in [-0.25, -0.2) is 9.78 Å². The third-order valence-corrected chi connectivity index (χ3v) is 2.37. The number of pyridine rings is 1. The van der Waals surface area contributed by atoms with Crippen molar-refractivity contribution >= 4 is 40.0 Å². The standard InChI is InChI=1S/C8H4BrFN2O2.ClH/c9-4-2-1-3-12-6(10)5(8(13)14)11-7(4)12;/h1-3H,(H,13,14);1H. The van der Waals surface area contributed by atoms with Crippen LogP contribution < -0.4 is 0 Å². The molecule has 2 aromatic rings. The number of imidazole rings is 1. The number of rotatable bonds is 1. The van der Waals surface area contributed by atoms with E-state index >= 15 is 0 Å². The van der Waals surface area contributed by atoms with Crippen LogP contribution >= 0.6 is 28.3 Å². The molecule has 1 N–H and O–H groups in total. The molecule has 2 heterocycles. The molecule has 80 valence electrons. The van der Waals surface area contributed by atoms with Crippen molar-refractivity contribution in [2.45, 2.75) is 0 Å². The van der Waals surface area contributed by atoms with E-state index in [2.05, 4.69) is 20.9 Å². The molecule has 0 spiro atoms. The van der Waals surface area contributed by atoms with Gasteiger partial charge in [0.25, 0.3) is 0 Å². The zero-order valence-corrected chi connectivity index (χ0v) is 9.55. The molecule has 0 aliphatic rings. The first-order valence-corrected chi connectivity index (χ1v) is 4.46. The summed E-state index contributed by atoms with van der Waals surface area (Å²) in [6.45, 7) is 0. The second-order valence-electron chi connectivity index (χ2n) is 2.61. The number of hydrogen-bond donors (Lipinski definition) is 1. The van der Waals surface area contributed by atoms with Crippen LogP contribution in [0.1, 0.15) is 10.5 Å². The summed E-state index contributed by atoms with van der Waals surface area (Å²) in [5, 5.41) is 8.63. The van der Waals surface area contributed by atoms with Crippen molar-refractivity contribution in [3.63, 3.8) is 0 Å². The highest BCUT2D eigenvalue weighted by molar-refractivity contribution is 9.10. The summed E-state index contributed by atoms with van der Waals surface area (Å²) in [6.07, 6.45) is 1.41. The summed E-state index contributed by atoms with van der Waals surface area (Å²) in [6, 6.07) is 3.25. The molecule has 0 saturated carbocycles. The highest BCUT2D eigenvalue weighted by atomic mass is 79.9. The van der Waals surface area contributed by atoms with E-state index in [0.717, 1.165) is 4.40 Å². The van der Waals surface area contributed by atoms with Crippen molar-refractivity contribution in [1.29, 1.82) is 0 Å². The minimum absolute atomic E-state index is 0. The largest absolute Gasteiger partial charge is 0.476 e. The van der Waals surface area contributed by atoms with Gasteiger partial charge in [-0.2, -0.15) is 4.39 Å². The van der Waals surface area contributed by atoms with Crippen molar-refractivity contribution in [3.05, 3.63) is 34.4 Å². The average Bonchev–Trinajstić information content (AvgIpc) is 2.46. The first kappa shape index (κ1) is 11.9. The van der Waals surface area contributed by atoms with E-state index in [4.69, 9.17) is 5.11 Å². The number of nitrogens with zero attached hydrogens (tertiary/aromatic N) is 2. The molecule has 0 atom stereocenters. The van der Waals surface area contributed by atoms with Gasteiger partial charge in [0.05, 0.1) is 4.47 Å².